The molecule has 0 radical (unpaired) electrons. The lowest BCUT2D eigenvalue weighted by molar-refractivity contribution is 0.661. The molecular weight excluding hydrogens is 1330 g/mol. The quantitative estimate of drug-likeness (QED) is 0.158. The van der Waals surface area contributed by atoms with Gasteiger partial charge in [0, 0.05) is 75.5 Å². The third-order valence-corrected chi connectivity index (χ3v) is 25.0. The Morgan fingerprint density at radius 2 is 0.500 bits per heavy atom. The average molecular weight is 1400 g/mol. The minimum Gasteiger partial charge on any atom is -0.309 e. The molecule has 0 amide bonds. The van der Waals surface area contributed by atoms with E-state index in [1.165, 1.54) is 220 Å². The number of aromatic nitrogens is 4. The van der Waals surface area contributed by atoms with Crippen molar-refractivity contribution in [1.29, 1.82) is 0 Å². The van der Waals surface area contributed by atoms with E-state index in [9.17, 15) is 0 Å². The fraction of sp³-hybridized carbons (Fsp3) is 0.0566. The summed E-state index contributed by atoms with van der Waals surface area (Å²) < 4.78 is 9.91. The Kier molecular flexibility index (Phi) is 13.2. The highest BCUT2D eigenvalue weighted by Gasteiger charge is 2.40. The first-order chi connectivity index (χ1) is 54.1. The van der Waals surface area contributed by atoms with Crippen LogP contribution in [-0.2, 0) is 10.8 Å². The second-order valence-corrected chi connectivity index (χ2v) is 31.4. The fourth-order valence-electron chi connectivity index (χ4n) is 20.0. The summed E-state index contributed by atoms with van der Waals surface area (Å²) in [7, 11) is 0. The van der Waals surface area contributed by atoms with E-state index in [4.69, 9.17) is 0 Å². The van der Waals surface area contributed by atoms with Gasteiger partial charge in [0.1, 0.15) is 0 Å². The summed E-state index contributed by atoms with van der Waals surface area (Å²) in [5, 5.41) is 20.3. The molecule has 2 aliphatic carbocycles. The third kappa shape index (κ3) is 8.84. The fourth-order valence-corrected chi connectivity index (χ4v) is 20.0. The molecule has 22 aromatic rings. The first kappa shape index (κ1) is 62.4. The predicted octanol–water partition coefficient (Wildman–Crippen LogP) is 28.3. The topological polar surface area (TPSA) is 19.7 Å². The maximum atomic E-state index is 2.51. The first-order valence-electron chi connectivity index (χ1n) is 38.6. The molecule has 0 saturated heterocycles. The molecule has 0 atom stereocenters. The smallest absolute Gasteiger partial charge is 0.0547 e. The van der Waals surface area contributed by atoms with E-state index in [0.717, 1.165) is 0 Å². The number of hydrogen-bond donors (Lipinski definition) is 0. The van der Waals surface area contributed by atoms with E-state index in [1.807, 2.05) is 0 Å². The van der Waals surface area contributed by atoms with Crippen LogP contribution in [0.15, 0.2) is 364 Å². The molecule has 0 saturated carbocycles. The number of benzene rings is 18. The number of rotatable bonds is 6. The van der Waals surface area contributed by atoms with Crippen molar-refractivity contribution in [2.75, 3.05) is 0 Å². The van der Waals surface area contributed by atoms with E-state index in [-0.39, 0.29) is 10.8 Å². The van der Waals surface area contributed by atoms with E-state index in [0.29, 0.717) is 0 Å². The van der Waals surface area contributed by atoms with Crippen LogP contribution < -0.4 is 0 Å². The van der Waals surface area contributed by atoms with Gasteiger partial charge in [-0.05, 0) is 185 Å². The average Bonchev–Trinajstić information content (AvgIpc) is 1.54. The summed E-state index contributed by atoms with van der Waals surface area (Å²) in [4.78, 5) is 0. The van der Waals surface area contributed by atoms with E-state index in [2.05, 4.69) is 410 Å². The zero-order chi connectivity index (χ0) is 72.8. The van der Waals surface area contributed by atoms with Gasteiger partial charge in [0.05, 0.1) is 66.9 Å². The van der Waals surface area contributed by atoms with Crippen molar-refractivity contribution in [1.82, 2.24) is 18.3 Å². The second kappa shape index (κ2) is 23.4. The molecule has 0 N–H and O–H groups in total. The van der Waals surface area contributed by atoms with Crippen LogP contribution in [-0.4, -0.2) is 18.3 Å². The predicted molar refractivity (Wildman–Crippen MR) is 466 cm³/mol. The van der Waals surface area contributed by atoms with Gasteiger partial charge < -0.3 is 18.3 Å². The van der Waals surface area contributed by atoms with Gasteiger partial charge in [-0.15, -0.1) is 0 Å². The number of hydrogen-bond acceptors (Lipinski definition) is 0. The summed E-state index contributed by atoms with van der Waals surface area (Å²) in [5.74, 6) is 0. The number of para-hydroxylation sites is 2. The maximum absolute atomic E-state index is 2.51. The lowest BCUT2D eigenvalue weighted by Gasteiger charge is -2.22. The Hall–Kier alpha value is -13.8. The Morgan fingerprint density at radius 1 is 0.191 bits per heavy atom. The molecular formula is C106H72N4. The second-order valence-electron chi connectivity index (χ2n) is 31.4. The molecule has 0 fully saturated rings. The van der Waals surface area contributed by atoms with Crippen LogP contribution in [0.25, 0.3) is 198 Å². The standard InChI is InChI=1S/2C53H36N2/c1-53(2)43-21-9-7-20-40(43)51-44(53)27-30-50-52(51)42-32-36(26-29-49(42)55(50)46-24-12-16-34-14-4-6-18-38(34)46)35-25-28-48-41(31-35)39-19-8-10-22-47(39)54(48)45-23-11-15-33-13-3-5-17-37(33)45;1-53(2)44-21-9-7-19-39(44)41-27-30-50-51(52(41)53)43-32-36(26-29-49(43)55(50)46-24-12-16-34-14-4-6-18-38(34)46)35-25-28-48-42(31-35)40-20-8-10-22-47(40)54(48)45-23-11-15-33-13-3-5-17-37(33)45/h2*3-32H,1-2H3. The summed E-state index contributed by atoms with van der Waals surface area (Å²) in [6, 6.07) is 135. The van der Waals surface area contributed by atoms with E-state index in [1.54, 1.807) is 0 Å². The van der Waals surface area contributed by atoms with Gasteiger partial charge in [0.2, 0.25) is 0 Å². The van der Waals surface area contributed by atoms with Gasteiger partial charge in [-0.1, -0.05) is 295 Å². The van der Waals surface area contributed by atoms with Crippen LogP contribution in [0.3, 0.4) is 0 Å². The highest BCUT2D eigenvalue weighted by molar-refractivity contribution is 6.21. The summed E-state index contributed by atoms with van der Waals surface area (Å²) in [6.45, 7) is 9.56. The van der Waals surface area contributed by atoms with Crippen LogP contribution in [0.1, 0.15) is 49.9 Å². The normalized spacial score (nSPS) is 13.4. The van der Waals surface area contributed by atoms with E-state index < -0.39 is 0 Å². The molecule has 4 nitrogen and oxygen atoms in total. The molecule has 110 heavy (non-hydrogen) atoms. The lowest BCUT2D eigenvalue weighted by Crippen LogP contribution is -2.15. The van der Waals surface area contributed by atoms with Crippen LogP contribution in [0, 0.1) is 0 Å². The van der Waals surface area contributed by atoms with Crippen molar-refractivity contribution < 1.29 is 0 Å². The first-order valence-corrected chi connectivity index (χ1v) is 38.6. The van der Waals surface area contributed by atoms with Crippen molar-refractivity contribution in [2.45, 2.75) is 38.5 Å². The lowest BCUT2D eigenvalue weighted by atomic mass is 9.80. The Labute approximate surface area is 636 Å². The van der Waals surface area contributed by atoms with Gasteiger partial charge in [-0.2, -0.15) is 0 Å². The van der Waals surface area contributed by atoms with Crippen LogP contribution >= 0.6 is 0 Å². The molecule has 18 aromatic carbocycles. The molecule has 0 bridgehead atoms. The van der Waals surface area contributed by atoms with Crippen LogP contribution in [0.4, 0.5) is 0 Å². The van der Waals surface area contributed by atoms with Crippen molar-refractivity contribution in [3.8, 4) is 67.3 Å². The monoisotopic (exact) mass is 1400 g/mol. The highest BCUT2D eigenvalue weighted by Crippen LogP contribution is 2.56. The number of nitrogens with zero attached hydrogens (tertiary/aromatic N) is 4. The van der Waals surface area contributed by atoms with E-state index >= 15 is 0 Å². The SMILES string of the molecule is CC1(C)c2ccccc2-c2c1ccc1c2c2cc(-c3ccc4c(c3)c3ccccc3n4-c3cccc4ccccc34)ccc2n1-c1cccc2ccccc12.CC1(C)c2ccccc2-c2ccc3c(c21)c1cc(-c2ccc4c(c2)c2ccccc2n4-c2cccc4ccccc24)ccc1n3-c1cccc2ccccc12. The highest BCUT2D eigenvalue weighted by atomic mass is 15.0. The van der Waals surface area contributed by atoms with Crippen LogP contribution in [0.2, 0.25) is 0 Å². The van der Waals surface area contributed by atoms with Gasteiger partial charge >= 0.3 is 0 Å². The van der Waals surface area contributed by atoms with Gasteiger partial charge in [0.25, 0.3) is 0 Å². The largest absolute Gasteiger partial charge is 0.309 e. The third-order valence-electron chi connectivity index (χ3n) is 25.0. The molecule has 4 heterocycles. The molecule has 24 rings (SSSR count). The number of fused-ring (bicyclic) bond motifs is 24. The summed E-state index contributed by atoms with van der Waals surface area (Å²) in [5.41, 5.74) is 30.3. The molecule has 0 aliphatic heterocycles. The molecule has 0 unspecified atom stereocenters. The molecule has 4 heteroatoms. The maximum Gasteiger partial charge on any atom is 0.0547 e. The summed E-state index contributed by atoms with van der Waals surface area (Å²) in [6.07, 6.45) is 0. The Morgan fingerprint density at radius 3 is 0.955 bits per heavy atom. The van der Waals surface area contributed by atoms with Crippen molar-refractivity contribution >= 4 is 130 Å². The minimum atomic E-state index is -0.151. The van der Waals surface area contributed by atoms with Crippen molar-refractivity contribution in [3.63, 3.8) is 0 Å². The van der Waals surface area contributed by atoms with Gasteiger partial charge in [0.15, 0.2) is 0 Å². The van der Waals surface area contributed by atoms with Gasteiger partial charge in [-0.25, -0.2) is 0 Å². The zero-order valence-corrected chi connectivity index (χ0v) is 61.4. The summed E-state index contributed by atoms with van der Waals surface area (Å²) >= 11 is 0. The molecule has 0 spiro atoms. The Bertz CT molecular complexity index is 7710. The minimum absolute atomic E-state index is 0.0884. The zero-order valence-electron chi connectivity index (χ0n) is 61.4. The van der Waals surface area contributed by atoms with Crippen LogP contribution in [0.5, 0.6) is 0 Å². The van der Waals surface area contributed by atoms with Crippen molar-refractivity contribution in [3.05, 3.63) is 386 Å². The Balaban J connectivity index is 0.000000132. The van der Waals surface area contributed by atoms with Crippen molar-refractivity contribution in [2.24, 2.45) is 0 Å². The molecule has 516 valence electrons. The molecule has 2 aliphatic rings. The molecule has 4 aromatic heterocycles. The van der Waals surface area contributed by atoms with Gasteiger partial charge in [-0.3, -0.25) is 0 Å².